The molecule has 2 rings (SSSR count). The van der Waals surface area contributed by atoms with Crippen LogP contribution < -0.4 is 5.32 Å². The number of benzene rings is 1. The molecule has 0 spiro atoms. The van der Waals surface area contributed by atoms with Gasteiger partial charge in [0, 0.05) is 12.1 Å². The number of hydrogen-bond acceptors (Lipinski definition) is 4. The molecule has 1 aliphatic rings. The first-order valence-corrected chi connectivity index (χ1v) is 8.67. The van der Waals surface area contributed by atoms with Crippen molar-refractivity contribution in [1.82, 2.24) is 10.2 Å². The predicted octanol–water partition coefficient (Wildman–Crippen LogP) is 2.04. The zero-order chi connectivity index (χ0) is 19.4. The number of halogens is 1. The standard InChI is InChI=1S/C18H20ClN3O4/c1-10(2)15(17(24)22-7-3-4-14(22)18(25)26)21-16(23)11-5-6-13(19)12(8-11)9-20/h5-6,8,10,14-15H,3-4,7H2,1-2H3,(H,21,23)(H,25,26)/t14-,15?/m0/s1. The SMILES string of the molecule is CC(C)C(NC(=O)c1ccc(Cl)c(C#N)c1)C(=O)N1CCC[C@H]1C(=O)O. The van der Waals surface area contributed by atoms with Gasteiger partial charge >= 0.3 is 5.97 Å². The van der Waals surface area contributed by atoms with Crippen LogP contribution >= 0.6 is 11.6 Å². The normalized spacial score (nSPS) is 17.7. The molecule has 1 unspecified atom stereocenters. The third-order valence-electron chi connectivity index (χ3n) is 4.39. The van der Waals surface area contributed by atoms with E-state index in [1.54, 1.807) is 13.8 Å². The minimum atomic E-state index is -1.04. The highest BCUT2D eigenvalue weighted by Crippen LogP contribution is 2.21. The summed E-state index contributed by atoms with van der Waals surface area (Å²) < 4.78 is 0. The Balaban J connectivity index is 2.20. The van der Waals surface area contributed by atoms with E-state index in [2.05, 4.69) is 5.32 Å². The van der Waals surface area contributed by atoms with Gasteiger partial charge in [-0.3, -0.25) is 9.59 Å². The van der Waals surface area contributed by atoms with Crippen LogP contribution in [0.1, 0.15) is 42.6 Å². The molecule has 0 saturated carbocycles. The molecule has 1 heterocycles. The smallest absolute Gasteiger partial charge is 0.326 e. The molecule has 7 nitrogen and oxygen atoms in total. The number of aliphatic carboxylic acids is 1. The van der Waals surface area contributed by atoms with Gasteiger partial charge in [-0.15, -0.1) is 0 Å². The van der Waals surface area contributed by atoms with Crippen LogP contribution in [0.3, 0.4) is 0 Å². The van der Waals surface area contributed by atoms with Crippen molar-refractivity contribution >= 4 is 29.4 Å². The van der Waals surface area contributed by atoms with E-state index in [0.717, 1.165) is 0 Å². The highest BCUT2D eigenvalue weighted by atomic mass is 35.5. The number of rotatable bonds is 5. The van der Waals surface area contributed by atoms with E-state index in [0.29, 0.717) is 19.4 Å². The van der Waals surface area contributed by atoms with Gasteiger partial charge in [0.05, 0.1) is 10.6 Å². The predicted molar refractivity (Wildman–Crippen MR) is 94.6 cm³/mol. The Morgan fingerprint density at radius 3 is 2.65 bits per heavy atom. The Kier molecular flexibility index (Phi) is 6.22. The molecular formula is C18H20ClN3O4. The van der Waals surface area contributed by atoms with Gasteiger partial charge in [-0.25, -0.2) is 4.79 Å². The van der Waals surface area contributed by atoms with Crippen LogP contribution in [0.2, 0.25) is 5.02 Å². The molecule has 2 amide bonds. The van der Waals surface area contributed by atoms with E-state index in [9.17, 15) is 19.5 Å². The number of nitrogens with zero attached hydrogens (tertiary/aromatic N) is 2. The van der Waals surface area contributed by atoms with E-state index in [1.165, 1.54) is 23.1 Å². The number of carbonyl (C=O) groups is 3. The fourth-order valence-corrected chi connectivity index (χ4v) is 3.12. The number of hydrogen-bond donors (Lipinski definition) is 2. The van der Waals surface area contributed by atoms with Crippen LogP contribution in [0.5, 0.6) is 0 Å². The van der Waals surface area contributed by atoms with Crippen LogP contribution in [-0.4, -0.2) is 46.4 Å². The number of carboxylic acids is 1. The fraction of sp³-hybridized carbons (Fsp3) is 0.444. The molecule has 1 aromatic rings. The van der Waals surface area contributed by atoms with Crippen molar-refractivity contribution in [2.24, 2.45) is 5.92 Å². The van der Waals surface area contributed by atoms with Crippen molar-refractivity contribution in [2.75, 3.05) is 6.54 Å². The summed E-state index contributed by atoms with van der Waals surface area (Å²) in [5.74, 6) is -2.20. The van der Waals surface area contributed by atoms with Gasteiger partial charge in [-0.2, -0.15) is 5.26 Å². The van der Waals surface area contributed by atoms with Crippen LogP contribution in [0, 0.1) is 17.2 Å². The van der Waals surface area contributed by atoms with Gasteiger partial charge in [0.25, 0.3) is 5.91 Å². The number of nitrogens with one attached hydrogen (secondary N) is 1. The summed E-state index contributed by atoms with van der Waals surface area (Å²) >= 11 is 5.87. The number of amides is 2. The second-order valence-electron chi connectivity index (χ2n) is 6.53. The van der Waals surface area contributed by atoms with Crippen LogP contribution in [0.4, 0.5) is 0 Å². The van der Waals surface area contributed by atoms with Crippen LogP contribution in [-0.2, 0) is 9.59 Å². The second kappa shape index (κ2) is 8.19. The quantitative estimate of drug-likeness (QED) is 0.815. The lowest BCUT2D eigenvalue weighted by Crippen LogP contribution is -2.53. The molecule has 1 aromatic carbocycles. The molecule has 2 N–H and O–H groups in total. The van der Waals surface area contributed by atoms with Crippen molar-refractivity contribution in [1.29, 1.82) is 5.26 Å². The highest BCUT2D eigenvalue weighted by molar-refractivity contribution is 6.31. The van der Waals surface area contributed by atoms with Gasteiger partial charge < -0.3 is 15.3 Å². The van der Waals surface area contributed by atoms with Gasteiger partial charge in [0.15, 0.2) is 0 Å². The van der Waals surface area contributed by atoms with Crippen molar-refractivity contribution in [2.45, 2.75) is 38.8 Å². The van der Waals surface area contributed by atoms with Crippen LogP contribution in [0.15, 0.2) is 18.2 Å². The van der Waals surface area contributed by atoms with Crippen LogP contribution in [0.25, 0.3) is 0 Å². The summed E-state index contributed by atoms with van der Waals surface area (Å²) in [5.41, 5.74) is 0.373. The second-order valence-corrected chi connectivity index (χ2v) is 6.94. The molecule has 1 saturated heterocycles. The average molecular weight is 378 g/mol. The molecule has 138 valence electrons. The Morgan fingerprint density at radius 1 is 1.38 bits per heavy atom. The minimum Gasteiger partial charge on any atom is -0.480 e. The zero-order valence-corrected chi connectivity index (χ0v) is 15.3. The molecular weight excluding hydrogens is 358 g/mol. The summed E-state index contributed by atoms with van der Waals surface area (Å²) in [6.07, 6.45) is 1.02. The number of likely N-dealkylation sites (tertiary alicyclic amines) is 1. The maximum Gasteiger partial charge on any atom is 0.326 e. The topological polar surface area (TPSA) is 111 Å². The molecule has 0 aromatic heterocycles. The van der Waals surface area contributed by atoms with Crippen molar-refractivity contribution < 1.29 is 19.5 Å². The summed E-state index contributed by atoms with van der Waals surface area (Å²) in [6, 6.07) is 4.45. The molecule has 0 bridgehead atoms. The number of carbonyl (C=O) groups excluding carboxylic acids is 2. The zero-order valence-electron chi connectivity index (χ0n) is 14.5. The molecule has 0 radical (unpaired) electrons. The Morgan fingerprint density at radius 2 is 2.08 bits per heavy atom. The lowest BCUT2D eigenvalue weighted by atomic mass is 10.0. The minimum absolute atomic E-state index is 0.164. The molecule has 1 aliphatic heterocycles. The van der Waals surface area contributed by atoms with E-state index < -0.39 is 29.9 Å². The first kappa shape index (κ1) is 19.7. The fourth-order valence-electron chi connectivity index (χ4n) is 2.96. The summed E-state index contributed by atoms with van der Waals surface area (Å²) in [7, 11) is 0. The van der Waals surface area contributed by atoms with Crippen molar-refractivity contribution in [3.05, 3.63) is 34.3 Å². The van der Waals surface area contributed by atoms with E-state index in [4.69, 9.17) is 16.9 Å². The lowest BCUT2D eigenvalue weighted by Gasteiger charge is -2.29. The Labute approximate surface area is 156 Å². The van der Waals surface area contributed by atoms with E-state index in [1.807, 2.05) is 6.07 Å². The molecule has 1 fully saturated rings. The molecule has 0 aliphatic carbocycles. The highest BCUT2D eigenvalue weighted by Gasteiger charge is 2.38. The third kappa shape index (κ3) is 4.14. The van der Waals surface area contributed by atoms with Gasteiger partial charge in [0.1, 0.15) is 18.2 Å². The van der Waals surface area contributed by atoms with E-state index in [-0.39, 0.29) is 22.1 Å². The van der Waals surface area contributed by atoms with Gasteiger partial charge in [-0.05, 0) is 37.0 Å². The van der Waals surface area contributed by atoms with Gasteiger partial charge in [0.2, 0.25) is 5.91 Å². The number of nitriles is 1. The lowest BCUT2D eigenvalue weighted by molar-refractivity contribution is -0.149. The van der Waals surface area contributed by atoms with Crippen molar-refractivity contribution in [3.63, 3.8) is 0 Å². The maximum atomic E-state index is 12.8. The molecule has 2 atom stereocenters. The molecule has 8 heteroatoms. The summed E-state index contributed by atoms with van der Waals surface area (Å²) in [6.45, 7) is 3.91. The number of carboxylic acid groups (broad SMARTS) is 1. The first-order chi connectivity index (χ1) is 12.3. The van der Waals surface area contributed by atoms with Crippen molar-refractivity contribution in [3.8, 4) is 6.07 Å². The largest absolute Gasteiger partial charge is 0.480 e. The summed E-state index contributed by atoms with van der Waals surface area (Å²) in [5, 5.41) is 21.2. The average Bonchev–Trinajstić information content (AvgIpc) is 3.09. The summed E-state index contributed by atoms with van der Waals surface area (Å²) in [4.78, 5) is 38.0. The molecule has 26 heavy (non-hydrogen) atoms. The monoisotopic (exact) mass is 377 g/mol. The maximum absolute atomic E-state index is 12.8. The third-order valence-corrected chi connectivity index (χ3v) is 4.72. The first-order valence-electron chi connectivity index (χ1n) is 8.30. The Hall–Kier alpha value is -2.59. The van der Waals surface area contributed by atoms with Gasteiger partial charge in [-0.1, -0.05) is 25.4 Å². The Bertz CT molecular complexity index is 772. The van der Waals surface area contributed by atoms with E-state index >= 15 is 0 Å².